The summed E-state index contributed by atoms with van der Waals surface area (Å²) in [6.07, 6.45) is 1.42. The first-order chi connectivity index (χ1) is 16.6. The summed E-state index contributed by atoms with van der Waals surface area (Å²) in [5.41, 5.74) is 1.06. The van der Waals surface area contributed by atoms with Crippen molar-refractivity contribution in [2.75, 3.05) is 20.2 Å². The number of hydrogen-bond acceptors (Lipinski definition) is 5. The van der Waals surface area contributed by atoms with Crippen LogP contribution in [0.25, 0.3) is 10.9 Å². The SMILES string of the molecule is COc1cccc2[nH]c(C(=O)N3C[C@H](C(C)(C)C)C[C@H]3C(=O)N[C@H](C#N)C[C@@H]3CCNC3=O)cc12. The van der Waals surface area contributed by atoms with Gasteiger partial charge in [0.05, 0.1) is 13.2 Å². The second kappa shape index (κ2) is 9.61. The normalized spacial score (nSPS) is 23.1. The number of benzene rings is 1. The molecule has 4 atom stereocenters. The van der Waals surface area contributed by atoms with E-state index in [1.54, 1.807) is 18.1 Å². The Labute approximate surface area is 205 Å². The molecule has 3 amide bonds. The Morgan fingerprint density at radius 1 is 1.34 bits per heavy atom. The fourth-order valence-corrected chi connectivity index (χ4v) is 5.08. The summed E-state index contributed by atoms with van der Waals surface area (Å²) in [5.74, 6) is -0.220. The minimum absolute atomic E-state index is 0.0841. The zero-order chi connectivity index (χ0) is 25.3. The van der Waals surface area contributed by atoms with Crippen LogP contribution in [0.2, 0.25) is 0 Å². The van der Waals surface area contributed by atoms with Gasteiger partial charge in [-0.3, -0.25) is 14.4 Å². The average Bonchev–Trinajstić information content (AvgIpc) is 3.55. The fourth-order valence-electron chi connectivity index (χ4n) is 5.08. The smallest absolute Gasteiger partial charge is 0.270 e. The van der Waals surface area contributed by atoms with E-state index in [9.17, 15) is 19.6 Å². The number of nitriles is 1. The number of likely N-dealkylation sites (tertiary alicyclic amines) is 1. The molecule has 3 heterocycles. The van der Waals surface area contributed by atoms with Gasteiger partial charge in [0.2, 0.25) is 11.8 Å². The second-order valence-electron chi connectivity index (χ2n) is 10.6. The van der Waals surface area contributed by atoms with Crippen LogP contribution in [0.1, 0.15) is 50.5 Å². The highest BCUT2D eigenvalue weighted by atomic mass is 16.5. The number of nitrogens with zero attached hydrogens (tertiary/aromatic N) is 2. The zero-order valence-corrected chi connectivity index (χ0v) is 20.7. The molecule has 0 unspecified atom stereocenters. The van der Waals surface area contributed by atoms with Crippen molar-refractivity contribution in [3.8, 4) is 11.8 Å². The molecule has 3 N–H and O–H groups in total. The average molecular weight is 480 g/mol. The number of rotatable bonds is 6. The molecule has 0 bridgehead atoms. The molecule has 2 fully saturated rings. The lowest BCUT2D eigenvalue weighted by Crippen LogP contribution is -2.49. The first-order valence-corrected chi connectivity index (χ1v) is 12.1. The van der Waals surface area contributed by atoms with Gasteiger partial charge in [0.15, 0.2) is 0 Å². The monoisotopic (exact) mass is 479 g/mol. The van der Waals surface area contributed by atoms with E-state index in [1.165, 1.54) is 0 Å². The first kappa shape index (κ1) is 24.6. The van der Waals surface area contributed by atoms with Gasteiger partial charge >= 0.3 is 0 Å². The maximum atomic E-state index is 13.6. The van der Waals surface area contributed by atoms with E-state index in [0.29, 0.717) is 37.4 Å². The summed E-state index contributed by atoms with van der Waals surface area (Å²) in [7, 11) is 1.58. The van der Waals surface area contributed by atoms with Crippen LogP contribution in [0.4, 0.5) is 0 Å². The summed E-state index contributed by atoms with van der Waals surface area (Å²) in [6, 6.07) is 7.93. The van der Waals surface area contributed by atoms with Crippen LogP contribution in [0.15, 0.2) is 24.3 Å². The van der Waals surface area contributed by atoms with Gasteiger partial charge in [-0.05, 0) is 48.8 Å². The van der Waals surface area contributed by atoms with E-state index < -0.39 is 12.1 Å². The van der Waals surface area contributed by atoms with E-state index in [0.717, 1.165) is 10.9 Å². The van der Waals surface area contributed by atoms with Gasteiger partial charge in [-0.2, -0.15) is 5.26 Å². The molecule has 35 heavy (non-hydrogen) atoms. The highest BCUT2D eigenvalue weighted by Crippen LogP contribution is 2.38. The topological polar surface area (TPSA) is 127 Å². The number of aromatic nitrogens is 1. The summed E-state index contributed by atoms with van der Waals surface area (Å²) in [6.45, 7) is 7.33. The lowest BCUT2D eigenvalue weighted by molar-refractivity contribution is -0.126. The van der Waals surface area contributed by atoms with Crippen LogP contribution in [-0.2, 0) is 9.59 Å². The lowest BCUT2D eigenvalue weighted by Gasteiger charge is -2.26. The van der Waals surface area contributed by atoms with Crippen molar-refractivity contribution in [2.24, 2.45) is 17.3 Å². The molecule has 1 aromatic carbocycles. The van der Waals surface area contributed by atoms with Gasteiger partial charge in [0.1, 0.15) is 23.5 Å². The van der Waals surface area contributed by atoms with Gasteiger partial charge < -0.3 is 25.3 Å². The third kappa shape index (κ3) is 4.97. The van der Waals surface area contributed by atoms with Crippen molar-refractivity contribution in [1.82, 2.24) is 20.5 Å². The third-order valence-corrected chi connectivity index (χ3v) is 7.32. The first-order valence-electron chi connectivity index (χ1n) is 12.1. The predicted molar refractivity (Wildman–Crippen MR) is 131 cm³/mol. The van der Waals surface area contributed by atoms with E-state index in [2.05, 4.69) is 42.5 Å². The fraction of sp³-hybridized carbons (Fsp3) is 0.538. The number of methoxy groups -OCH3 is 1. The Hall–Kier alpha value is -3.54. The molecular weight excluding hydrogens is 446 g/mol. The van der Waals surface area contributed by atoms with Crippen molar-refractivity contribution >= 4 is 28.6 Å². The Morgan fingerprint density at radius 3 is 2.74 bits per heavy atom. The summed E-state index contributed by atoms with van der Waals surface area (Å²) in [5, 5.41) is 16.0. The highest BCUT2D eigenvalue weighted by molar-refractivity contribution is 6.01. The van der Waals surface area contributed by atoms with Crippen molar-refractivity contribution in [2.45, 2.75) is 52.1 Å². The number of fused-ring (bicyclic) bond motifs is 1. The molecule has 2 aromatic rings. The Balaban J connectivity index is 1.56. The van der Waals surface area contributed by atoms with Crippen LogP contribution < -0.4 is 15.4 Å². The molecular formula is C26H33N5O4. The third-order valence-electron chi connectivity index (χ3n) is 7.32. The Bertz CT molecular complexity index is 1170. The lowest BCUT2D eigenvalue weighted by atomic mass is 9.79. The molecule has 186 valence electrons. The number of ether oxygens (including phenoxy) is 1. The van der Waals surface area contributed by atoms with E-state index in [-0.39, 0.29) is 41.4 Å². The molecule has 0 spiro atoms. The summed E-state index contributed by atoms with van der Waals surface area (Å²) >= 11 is 0. The van der Waals surface area contributed by atoms with E-state index in [4.69, 9.17) is 4.74 Å². The minimum Gasteiger partial charge on any atom is -0.496 e. The highest BCUT2D eigenvalue weighted by Gasteiger charge is 2.44. The number of carbonyl (C=O) groups is 3. The van der Waals surface area contributed by atoms with Gasteiger partial charge in [-0.25, -0.2) is 0 Å². The molecule has 9 heteroatoms. The van der Waals surface area contributed by atoms with Crippen LogP contribution in [-0.4, -0.2) is 59.9 Å². The summed E-state index contributed by atoms with van der Waals surface area (Å²) < 4.78 is 5.42. The van der Waals surface area contributed by atoms with Gasteiger partial charge in [-0.15, -0.1) is 0 Å². The summed E-state index contributed by atoms with van der Waals surface area (Å²) in [4.78, 5) is 43.7. The van der Waals surface area contributed by atoms with Gasteiger partial charge in [-0.1, -0.05) is 26.8 Å². The maximum Gasteiger partial charge on any atom is 0.270 e. The number of H-pyrrole nitrogens is 1. The quantitative estimate of drug-likeness (QED) is 0.587. The number of hydrogen-bond donors (Lipinski definition) is 3. The second-order valence-corrected chi connectivity index (χ2v) is 10.6. The van der Waals surface area contributed by atoms with E-state index in [1.807, 2.05) is 18.2 Å². The van der Waals surface area contributed by atoms with E-state index >= 15 is 0 Å². The minimum atomic E-state index is -0.792. The van der Waals surface area contributed by atoms with Crippen LogP contribution >= 0.6 is 0 Å². The molecule has 0 radical (unpaired) electrons. The molecule has 2 aliphatic heterocycles. The molecule has 1 aromatic heterocycles. The van der Waals surface area contributed by atoms with Crippen LogP contribution in [0.5, 0.6) is 5.75 Å². The van der Waals surface area contributed by atoms with Crippen molar-refractivity contribution in [1.29, 1.82) is 5.26 Å². The zero-order valence-electron chi connectivity index (χ0n) is 20.7. The van der Waals surface area contributed by atoms with Crippen LogP contribution in [0.3, 0.4) is 0 Å². The maximum absolute atomic E-state index is 13.6. The number of carbonyl (C=O) groups excluding carboxylic acids is 3. The molecule has 2 saturated heterocycles. The Kier molecular flexibility index (Phi) is 6.75. The Morgan fingerprint density at radius 2 is 2.11 bits per heavy atom. The molecule has 9 nitrogen and oxygen atoms in total. The molecule has 0 saturated carbocycles. The standard InChI is InChI=1S/C26H33N5O4/c1-26(2,3)16-11-21(24(33)29-17(13-27)10-15-8-9-28-23(15)32)31(14-16)25(34)20-12-18-19(30-20)6-5-7-22(18)35-4/h5-7,12,15-17,21,30H,8-11,14H2,1-4H3,(H,28,32)(H,29,33)/t15-,16+,17-,21-/m0/s1. The predicted octanol–water partition coefficient (Wildman–Crippen LogP) is 2.59. The molecule has 2 aliphatic rings. The van der Waals surface area contributed by atoms with Crippen molar-refractivity contribution in [3.05, 3.63) is 30.0 Å². The van der Waals surface area contributed by atoms with Crippen molar-refractivity contribution in [3.63, 3.8) is 0 Å². The van der Waals surface area contributed by atoms with Gasteiger partial charge in [0, 0.05) is 29.9 Å². The van der Waals surface area contributed by atoms with Gasteiger partial charge in [0.25, 0.3) is 5.91 Å². The number of nitrogens with one attached hydrogen (secondary N) is 3. The number of amides is 3. The largest absolute Gasteiger partial charge is 0.496 e. The van der Waals surface area contributed by atoms with Crippen LogP contribution in [0, 0.1) is 28.6 Å². The molecule has 0 aliphatic carbocycles. The number of aromatic amines is 1. The molecule has 4 rings (SSSR count). The van der Waals surface area contributed by atoms with Crippen molar-refractivity contribution < 1.29 is 19.1 Å².